The van der Waals surface area contributed by atoms with Crippen molar-refractivity contribution in [2.24, 2.45) is 0 Å². The third-order valence-corrected chi connectivity index (χ3v) is 3.29. The van der Waals surface area contributed by atoms with Crippen molar-refractivity contribution in [1.82, 2.24) is 0 Å². The molecule has 1 aliphatic rings. The van der Waals surface area contributed by atoms with Gasteiger partial charge >= 0.3 is 0 Å². The van der Waals surface area contributed by atoms with Gasteiger partial charge in [-0.1, -0.05) is 6.07 Å². The third kappa shape index (κ3) is 2.07. The van der Waals surface area contributed by atoms with Crippen LogP contribution in [0.3, 0.4) is 0 Å². The Labute approximate surface area is 115 Å². The number of hydrogen-bond donors (Lipinski definition) is 4. The van der Waals surface area contributed by atoms with E-state index >= 15 is 0 Å². The minimum absolute atomic E-state index is 0.0109. The van der Waals surface area contributed by atoms with Gasteiger partial charge in [-0.25, -0.2) is 0 Å². The normalized spacial score (nSPS) is 17.3. The average Bonchev–Trinajstić information content (AvgIpc) is 2.41. The lowest BCUT2D eigenvalue weighted by molar-refractivity contribution is 0.217. The number of fused-ring (bicyclic) bond motifs is 1. The molecule has 4 N–H and O–H groups in total. The fourth-order valence-electron chi connectivity index (χ4n) is 2.26. The van der Waals surface area contributed by atoms with E-state index in [1.807, 2.05) is 6.42 Å². The Morgan fingerprint density at radius 2 is 1.70 bits per heavy atom. The minimum Gasteiger partial charge on any atom is -0.508 e. The molecular formula is C15H13O5. The first kappa shape index (κ1) is 12.5. The Balaban J connectivity index is 1.93. The second-order valence-corrected chi connectivity index (χ2v) is 4.67. The SMILES string of the molecule is Oc1cc(O)c2c(c1)OC(c1ccc(O)c(O)c1)[CH]C2. The summed E-state index contributed by atoms with van der Waals surface area (Å²) in [7, 11) is 0. The maximum Gasteiger partial charge on any atom is 0.157 e. The van der Waals surface area contributed by atoms with Gasteiger partial charge in [-0.15, -0.1) is 0 Å². The van der Waals surface area contributed by atoms with Gasteiger partial charge in [-0.3, -0.25) is 0 Å². The van der Waals surface area contributed by atoms with Crippen LogP contribution in [0.2, 0.25) is 0 Å². The molecule has 0 bridgehead atoms. The van der Waals surface area contributed by atoms with E-state index in [9.17, 15) is 20.4 Å². The van der Waals surface area contributed by atoms with Crippen LogP contribution in [0, 0.1) is 6.42 Å². The van der Waals surface area contributed by atoms with Crippen molar-refractivity contribution in [1.29, 1.82) is 0 Å². The molecule has 1 aliphatic heterocycles. The number of ether oxygens (including phenoxy) is 1. The Bertz CT molecular complexity index is 666. The van der Waals surface area contributed by atoms with Gasteiger partial charge in [0.2, 0.25) is 0 Å². The molecule has 1 heterocycles. The maximum absolute atomic E-state index is 9.74. The lowest BCUT2D eigenvalue weighted by Gasteiger charge is -2.26. The fraction of sp³-hybridized carbons (Fsp3) is 0.133. The van der Waals surface area contributed by atoms with Crippen molar-refractivity contribution in [2.75, 3.05) is 0 Å². The molecule has 3 rings (SSSR count). The molecule has 0 spiro atoms. The van der Waals surface area contributed by atoms with Gasteiger partial charge in [0, 0.05) is 24.1 Å². The summed E-state index contributed by atoms with van der Waals surface area (Å²) in [5.41, 5.74) is 1.29. The monoisotopic (exact) mass is 273 g/mol. The van der Waals surface area contributed by atoms with Crippen LogP contribution in [-0.2, 0) is 6.42 Å². The zero-order valence-corrected chi connectivity index (χ0v) is 10.4. The molecule has 1 unspecified atom stereocenters. The molecule has 0 aromatic heterocycles. The molecule has 0 amide bonds. The summed E-state index contributed by atoms with van der Waals surface area (Å²) < 4.78 is 5.71. The molecule has 0 saturated carbocycles. The van der Waals surface area contributed by atoms with Crippen molar-refractivity contribution >= 4 is 0 Å². The largest absolute Gasteiger partial charge is 0.508 e. The molecule has 0 aliphatic carbocycles. The van der Waals surface area contributed by atoms with Gasteiger partial charge in [0.05, 0.1) is 0 Å². The van der Waals surface area contributed by atoms with Crippen molar-refractivity contribution in [2.45, 2.75) is 12.5 Å². The first-order valence-corrected chi connectivity index (χ1v) is 6.11. The van der Waals surface area contributed by atoms with Gasteiger partial charge in [-0.05, 0) is 24.1 Å². The summed E-state index contributed by atoms with van der Waals surface area (Å²) in [6.07, 6.45) is 1.90. The summed E-state index contributed by atoms with van der Waals surface area (Å²) in [6.45, 7) is 0. The highest BCUT2D eigenvalue weighted by atomic mass is 16.5. The van der Waals surface area contributed by atoms with Crippen LogP contribution in [-0.4, -0.2) is 20.4 Å². The molecule has 1 atom stereocenters. The smallest absolute Gasteiger partial charge is 0.157 e. The highest BCUT2D eigenvalue weighted by molar-refractivity contribution is 5.52. The summed E-state index contributed by atoms with van der Waals surface area (Å²) >= 11 is 0. The standard InChI is InChI=1S/C15H13O5/c16-9-6-12(18)10-2-4-14(20-15(10)7-9)8-1-3-11(17)13(19)5-8/h1,3-7,14,16-19H,2H2. The van der Waals surface area contributed by atoms with E-state index in [1.165, 1.54) is 24.3 Å². The molecule has 2 aromatic rings. The second-order valence-electron chi connectivity index (χ2n) is 4.67. The minimum atomic E-state index is -0.421. The second kappa shape index (κ2) is 4.52. The van der Waals surface area contributed by atoms with Crippen LogP contribution in [0.5, 0.6) is 28.7 Å². The Morgan fingerprint density at radius 1 is 0.900 bits per heavy atom. The topological polar surface area (TPSA) is 90.2 Å². The van der Waals surface area contributed by atoms with Gasteiger partial charge in [0.1, 0.15) is 23.4 Å². The number of phenols is 4. The van der Waals surface area contributed by atoms with Crippen molar-refractivity contribution in [3.05, 3.63) is 47.9 Å². The molecular weight excluding hydrogens is 260 g/mol. The Morgan fingerprint density at radius 3 is 2.45 bits per heavy atom. The fourth-order valence-corrected chi connectivity index (χ4v) is 2.26. The van der Waals surface area contributed by atoms with Crippen LogP contribution in [0.4, 0.5) is 0 Å². The predicted molar refractivity (Wildman–Crippen MR) is 70.9 cm³/mol. The molecule has 2 aromatic carbocycles. The first-order chi connectivity index (χ1) is 9.54. The molecule has 5 nitrogen and oxygen atoms in total. The number of hydrogen-bond acceptors (Lipinski definition) is 5. The zero-order chi connectivity index (χ0) is 14.3. The quantitative estimate of drug-likeness (QED) is 0.599. The van der Waals surface area contributed by atoms with Crippen LogP contribution in [0.15, 0.2) is 30.3 Å². The van der Waals surface area contributed by atoms with Gasteiger partial charge in [0.15, 0.2) is 11.5 Å². The average molecular weight is 273 g/mol. The van der Waals surface area contributed by atoms with Gasteiger partial charge in [0.25, 0.3) is 0 Å². The van der Waals surface area contributed by atoms with E-state index in [0.717, 1.165) is 0 Å². The van der Waals surface area contributed by atoms with Gasteiger partial charge in [-0.2, -0.15) is 0 Å². The maximum atomic E-state index is 9.74. The number of benzene rings is 2. The summed E-state index contributed by atoms with van der Waals surface area (Å²) in [6, 6.07) is 7.16. The van der Waals surface area contributed by atoms with Crippen LogP contribution in [0.25, 0.3) is 0 Å². The lowest BCUT2D eigenvalue weighted by Crippen LogP contribution is -2.15. The van der Waals surface area contributed by atoms with E-state index in [-0.39, 0.29) is 23.0 Å². The van der Waals surface area contributed by atoms with Crippen LogP contribution >= 0.6 is 0 Å². The lowest BCUT2D eigenvalue weighted by atomic mass is 9.96. The first-order valence-electron chi connectivity index (χ1n) is 6.11. The molecule has 0 fully saturated rings. The molecule has 0 saturated heterocycles. The van der Waals surface area contributed by atoms with E-state index in [4.69, 9.17) is 4.74 Å². The number of aromatic hydroxyl groups is 4. The van der Waals surface area contributed by atoms with Crippen LogP contribution in [0.1, 0.15) is 17.2 Å². The predicted octanol–water partition coefficient (Wildman–Crippen LogP) is 2.39. The summed E-state index contributed by atoms with van der Waals surface area (Å²) in [4.78, 5) is 0. The third-order valence-electron chi connectivity index (χ3n) is 3.29. The zero-order valence-electron chi connectivity index (χ0n) is 10.4. The van der Waals surface area contributed by atoms with E-state index in [2.05, 4.69) is 0 Å². The van der Waals surface area contributed by atoms with Crippen molar-refractivity contribution < 1.29 is 25.2 Å². The summed E-state index contributed by atoms with van der Waals surface area (Å²) in [5, 5.41) is 38.0. The van der Waals surface area contributed by atoms with Crippen molar-refractivity contribution in [3.8, 4) is 28.7 Å². The molecule has 103 valence electrons. The van der Waals surface area contributed by atoms with Crippen LogP contribution < -0.4 is 4.74 Å². The van der Waals surface area contributed by atoms with E-state index in [0.29, 0.717) is 23.3 Å². The number of rotatable bonds is 1. The highest BCUT2D eigenvalue weighted by Gasteiger charge is 2.25. The molecule has 1 radical (unpaired) electrons. The Kier molecular flexibility index (Phi) is 2.82. The van der Waals surface area contributed by atoms with E-state index < -0.39 is 6.10 Å². The van der Waals surface area contributed by atoms with Gasteiger partial charge < -0.3 is 25.2 Å². The Hall–Kier alpha value is -2.56. The highest BCUT2D eigenvalue weighted by Crippen LogP contribution is 2.42. The number of phenolic OH excluding ortho intramolecular Hbond substituents is 4. The van der Waals surface area contributed by atoms with Crippen molar-refractivity contribution in [3.63, 3.8) is 0 Å². The molecule has 20 heavy (non-hydrogen) atoms. The molecule has 5 heteroatoms. The van der Waals surface area contributed by atoms with E-state index in [1.54, 1.807) is 6.07 Å². The summed E-state index contributed by atoms with van der Waals surface area (Å²) in [5.74, 6) is -0.0921.